The predicted octanol–water partition coefficient (Wildman–Crippen LogP) is 2.95. The highest BCUT2D eigenvalue weighted by atomic mass is 16.5. The van der Waals surface area contributed by atoms with Gasteiger partial charge < -0.3 is 19.7 Å². The molecule has 1 atom stereocenters. The Morgan fingerprint density at radius 1 is 1.19 bits per heavy atom. The second kappa shape index (κ2) is 8.31. The zero-order valence-electron chi connectivity index (χ0n) is 14.5. The fourth-order valence-corrected chi connectivity index (χ4v) is 2.54. The molecule has 0 bridgehead atoms. The van der Waals surface area contributed by atoms with Crippen LogP contribution in [0.25, 0.3) is 11.3 Å². The van der Waals surface area contributed by atoms with Gasteiger partial charge in [-0.2, -0.15) is 0 Å². The summed E-state index contributed by atoms with van der Waals surface area (Å²) in [5, 5.41) is 12.9. The first-order valence-corrected chi connectivity index (χ1v) is 8.36. The first-order valence-electron chi connectivity index (χ1n) is 8.36. The number of nitrogens with one attached hydrogen (secondary N) is 1. The average Bonchev–Trinajstić information content (AvgIpc) is 3.10. The Hall–Kier alpha value is -3.12. The van der Waals surface area contributed by atoms with Gasteiger partial charge in [-0.1, -0.05) is 30.3 Å². The van der Waals surface area contributed by atoms with E-state index >= 15 is 0 Å². The Morgan fingerprint density at radius 3 is 2.62 bits per heavy atom. The van der Waals surface area contributed by atoms with Crippen molar-refractivity contribution in [2.45, 2.75) is 19.6 Å². The first-order chi connectivity index (χ1) is 12.6. The Labute approximate surface area is 152 Å². The molecule has 2 N–H and O–H groups in total. The monoisotopic (exact) mass is 351 g/mol. The number of aliphatic hydroxyl groups excluding tert-OH is 1. The van der Waals surface area contributed by atoms with E-state index in [1.165, 1.54) is 6.92 Å². The van der Waals surface area contributed by atoms with Crippen LogP contribution in [0.3, 0.4) is 0 Å². The molecule has 26 heavy (non-hydrogen) atoms. The molecule has 0 fully saturated rings. The van der Waals surface area contributed by atoms with Crippen LogP contribution in [0.4, 0.5) is 5.69 Å². The summed E-state index contributed by atoms with van der Waals surface area (Å²) in [6.07, 6.45) is 2.94. The zero-order valence-corrected chi connectivity index (χ0v) is 14.5. The van der Waals surface area contributed by atoms with E-state index in [0.29, 0.717) is 18.0 Å². The second-order valence-corrected chi connectivity index (χ2v) is 5.99. The number of hydrogen-bond donors (Lipinski definition) is 2. The van der Waals surface area contributed by atoms with E-state index < -0.39 is 6.10 Å². The van der Waals surface area contributed by atoms with Crippen LogP contribution in [0.1, 0.15) is 6.92 Å². The molecule has 0 radical (unpaired) electrons. The molecule has 6 nitrogen and oxygen atoms in total. The molecule has 3 aromatic rings. The fraction of sp³-hybridized carbons (Fsp3) is 0.200. The smallest absolute Gasteiger partial charge is 0.221 e. The minimum Gasteiger partial charge on any atom is -0.491 e. The molecule has 0 saturated carbocycles. The standard InChI is InChI=1S/C20H21N3O3/c1-15(24)22-17-7-9-19(10-8-17)26-13-18(25)11-23-12-20(21-14-23)16-5-3-2-4-6-16/h2-10,12,14,18,25H,11,13H2,1H3,(H,22,24). The molecule has 0 spiro atoms. The number of amides is 1. The molecule has 0 saturated heterocycles. The molecule has 134 valence electrons. The fourth-order valence-electron chi connectivity index (χ4n) is 2.54. The maximum absolute atomic E-state index is 11.0. The van der Waals surface area contributed by atoms with Gasteiger partial charge in [-0.25, -0.2) is 4.98 Å². The van der Waals surface area contributed by atoms with Gasteiger partial charge in [0.1, 0.15) is 18.5 Å². The number of carbonyl (C=O) groups excluding carboxylic acids is 1. The lowest BCUT2D eigenvalue weighted by atomic mass is 10.2. The number of imidazole rings is 1. The quantitative estimate of drug-likeness (QED) is 0.686. The average molecular weight is 351 g/mol. The van der Waals surface area contributed by atoms with Crippen LogP contribution in [-0.2, 0) is 11.3 Å². The predicted molar refractivity (Wildman–Crippen MR) is 99.9 cm³/mol. The molecule has 1 aromatic heterocycles. The topological polar surface area (TPSA) is 76.4 Å². The van der Waals surface area contributed by atoms with Crippen LogP contribution >= 0.6 is 0 Å². The minimum absolute atomic E-state index is 0.121. The van der Waals surface area contributed by atoms with Gasteiger partial charge in [-0.3, -0.25) is 4.79 Å². The van der Waals surface area contributed by atoms with Crippen molar-refractivity contribution in [1.29, 1.82) is 0 Å². The molecule has 2 aromatic carbocycles. The highest BCUT2D eigenvalue weighted by Crippen LogP contribution is 2.17. The maximum atomic E-state index is 11.0. The van der Waals surface area contributed by atoms with Crippen molar-refractivity contribution < 1.29 is 14.6 Å². The third-order valence-corrected chi connectivity index (χ3v) is 3.74. The van der Waals surface area contributed by atoms with Crippen LogP contribution in [-0.4, -0.2) is 33.3 Å². The van der Waals surface area contributed by atoms with Crippen LogP contribution in [0.5, 0.6) is 5.75 Å². The number of nitrogens with zero attached hydrogens (tertiary/aromatic N) is 2. The number of aliphatic hydroxyl groups is 1. The van der Waals surface area contributed by atoms with E-state index in [4.69, 9.17) is 4.74 Å². The van der Waals surface area contributed by atoms with Gasteiger partial charge in [0.05, 0.1) is 18.6 Å². The number of benzene rings is 2. The third kappa shape index (κ3) is 4.94. The molecule has 1 heterocycles. The molecule has 0 aliphatic rings. The summed E-state index contributed by atoms with van der Waals surface area (Å²) in [6, 6.07) is 16.9. The Balaban J connectivity index is 1.50. The van der Waals surface area contributed by atoms with E-state index in [-0.39, 0.29) is 12.5 Å². The molecule has 1 amide bonds. The summed E-state index contributed by atoms with van der Waals surface area (Å²) >= 11 is 0. The van der Waals surface area contributed by atoms with Gasteiger partial charge in [0.15, 0.2) is 0 Å². The minimum atomic E-state index is -0.664. The molecule has 6 heteroatoms. The van der Waals surface area contributed by atoms with Gasteiger partial charge >= 0.3 is 0 Å². The van der Waals surface area contributed by atoms with Gasteiger partial charge in [-0.15, -0.1) is 0 Å². The Kier molecular flexibility index (Phi) is 5.66. The zero-order chi connectivity index (χ0) is 18.4. The Bertz CT molecular complexity index is 844. The van der Waals surface area contributed by atoms with Crippen molar-refractivity contribution in [1.82, 2.24) is 9.55 Å². The van der Waals surface area contributed by atoms with Crippen LogP contribution in [0.15, 0.2) is 67.1 Å². The summed E-state index contributed by atoms with van der Waals surface area (Å²) in [5.41, 5.74) is 2.61. The van der Waals surface area contributed by atoms with E-state index in [1.54, 1.807) is 30.6 Å². The molecular weight excluding hydrogens is 330 g/mol. The number of rotatable bonds is 7. The lowest BCUT2D eigenvalue weighted by Gasteiger charge is -2.13. The van der Waals surface area contributed by atoms with E-state index in [0.717, 1.165) is 11.3 Å². The van der Waals surface area contributed by atoms with Crippen LogP contribution < -0.4 is 10.1 Å². The van der Waals surface area contributed by atoms with Crippen LogP contribution in [0.2, 0.25) is 0 Å². The highest BCUT2D eigenvalue weighted by Gasteiger charge is 2.09. The third-order valence-electron chi connectivity index (χ3n) is 3.74. The summed E-state index contributed by atoms with van der Waals surface area (Å²) in [4.78, 5) is 15.4. The van der Waals surface area contributed by atoms with Crippen molar-refractivity contribution in [2.24, 2.45) is 0 Å². The Morgan fingerprint density at radius 2 is 1.92 bits per heavy atom. The summed E-state index contributed by atoms with van der Waals surface area (Å²) < 4.78 is 7.44. The number of anilines is 1. The largest absolute Gasteiger partial charge is 0.491 e. The lowest BCUT2D eigenvalue weighted by Crippen LogP contribution is -2.23. The van der Waals surface area contributed by atoms with Gasteiger partial charge in [0.25, 0.3) is 0 Å². The summed E-state index contributed by atoms with van der Waals surface area (Å²) in [6.45, 7) is 2.02. The van der Waals surface area contributed by atoms with Crippen molar-refractivity contribution in [3.63, 3.8) is 0 Å². The summed E-state index contributed by atoms with van der Waals surface area (Å²) in [7, 11) is 0. The maximum Gasteiger partial charge on any atom is 0.221 e. The van der Waals surface area contributed by atoms with Crippen molar-refractivity contribution >= 4 is 11.6 Å². The van der Waals surface area contributed by atoms with Crippen molar-refractivity contribution in [3.8, 4) is 17.0 Å². The molecule has 1 unspecified atom stereocenters. The van der Waals surface area contributed by atoms with Crippen molar-refractivity contribution in [3.05, 3.63) is 67.1 Å². The number of hydrogen-bond acceptors (Lipinski definition) is 4. The second-order valence-electron chi connectivity index (χ2n) is 5.99. The first kappa shape index (κ1) is 17.7. The highest BCUT2D eigenvalue weighted by molar-refractivity contribution is 5.88. The van der Waals surface area contributed by atoms with Crippen molar-refractivity contribution in [2.75, 3.05) is 11.9 Å². The molecule has 3 rings (SSSR count). The van der Waals surface area contributed by atoms with Crippen LogP contribution in [0, 0.1) is 0 Å². The number of ether oxygens (including phenoxy) is 1. The normalized spacial score (nSPS) is 11.8. The molecule has 0 aliphatic heterocycles. The molecule has 0 aliphatic carbocycles. The van der Waals surface area contributed by atoms with Gasteiger partial charge in [0.2, 0.25) is 5.91 Å². The van der Waals surface area contributed by atoms with E-state index in [2.05, 4.69) is 10.3 Å². The number of aromatic nitrogens is 2. The molecular formula is C20H21N3O3. The number of carbonyl (C=O) groups is 1. The van der Waals surface area contributed by atoms with Gasteiger partial charge in [-0.05, 0) is 24.3 Å². The summed E-state index contributed by atoms with van der Waals surface area (Å²) in [5.74, 6) is 0.512. The van der Waals surface area contributed by atoms with E-state index in [9.17, 15) is 9.90 Å². The van der Waals surface area contributed by atoms with Gasteiger partial charge in [0, 0.05) is 24.4 Å². The SMILES string of the molecule is CC(=O)Nc1ccc(OCC(O)Cn2cnc(-c3ccccc3)c2)cc1. The van der Waals surface area contributed by atoms with E-state index in [1.807, 2.05) is 41.1 Å². The lowest BCUT2D eigenvalue weighted by molar-refractivity contribution is -0.114.